The highest BCUT2D eigenvalue weighted by Crippen LogP contribution is 2.45. The smallest absolute Gasteiger partial charge is 0.306 e. The molecular formula is C89H83BN9O6. The van der Waals surface area contributed by atoms with Crippen LogP contribution in [0.3, 0.4) is 0 Å². The number of para-hydroxylation sites is 2. The number of H-pyrrole nitrogens is 4. The number of carbonyl (C=O) groups excluding carboxylic acids is 5. The number of Topliss-reactive ketones (excluding diaryl/α,β-unsaturated/α-hetero) is 1. The van der Waals surface area contributed by atoms with Gasteiger partial charge in [0.1, 0.15) is 24.0 Å². The third-order valence-corrected chi connectivity index (χ3v) is 20.3. The van der Waals surface area contributed by atoms with Crippen molar-refractivity contribution >= 4 is 80.4 Å². The number of imidazole rings is 2. The highest BCUT2D eigenvalue weighted by Gasteiger charge is 2.34. The molecular weight excluding hydrogens is 1300 g/mol. The van der Waals surface area contributed by atoms with Crippen LogP contribution in [0.5, 0.6) is 0 Å². The van der Waals surface area contributed by atoms with Crippen molar-refractivity contribution in [2.45, 2.75) is 76.2 Å². The van der Waals surface area contributed by atoms with Gasteiger partial charge in [0.25, 0.3) is 0 Å². The Balaban J connectivity index is 0.000000171. The number of hydrogen-bond acceptors (Lipinski definition) is 9. The van der Waals surface area contributed by atoms with E-state index in [2.05, 4.69) is 127 Å². The van der Waals surface area contributed by atoms with Crippen molar-refractivity contribution in [1.82, 2.24) is 45.9 Å². The van der Waals surface area contributed by atoms with E-state index in [0.717, 1.165) is 126 Å². The number of benzene rings is 10. The third kappa shape index (κ3) is 16.9. The predicted octanol–water partition coefficient (Wildman–Crippen LogP) is 16.6. The van der Waals surface area contributed by atoms with Crippen LogP contribution in [0.4, 0.5) is 0 Å². The number of amides is 2. The summed E-state index contributed by atoms with van der Waals surface area (Å²) in [6, 6.07) is 81.2. The summed E-state index contributed by atoms with van der Waals surface area (Å²) in [5, 5.41) is 16.8. The minimum atomic E-state index is -0.697. The lowest BCUT2D eigenvalue weighted by Gasteiger charge is -2.25. The maximum atomic E-state index is 14.6. The van der Waals surface area contributed by atoms with Crippen LogP contribution in [0.1, 0.15) is 88.7 Å². The molecule has 0 saturated carbocycles. The number of hydrogen-bond donors (Lipinski definition) is 7. The Labute approximate surface area is 611 Å². The van der Waals surface area contributed by atoms with Gasteiger partial charge < -0.3 is 45.4 Å². The van der Waals surface area contributed by atoms with Crippen molar-refractivity contribution in [3.05, 3.63) is 312 Å². The lowest BCUT2D eigenvalue weighted by atomic mass is 9.85. The molecule has 4 aromatic heterocycles. The average molecular weight is 1390 g/mol. The van der Waals surface area contributed by atoms with E-state index in [0.29, 0.717) is 37.3 Å². The number of nitrogens with one attached hydrogen (secondary N) is 7. The second-order valence-electron chi connectivity index (χ2n) is 27.3. The molecule has 10 aromatic carbocycles. The molecule has 16 rings (SSSR count). The minimum absolute atomic E-state index is 0.00794. The third-order valence-electron chi connectivity index (χ3n) is 20.3. The average Bonchev–Trinajstić information content (AvgIpc) is 1.62. The number of aromatic amines is 4. The quantitative estimate of drug-likeness (QED) is 0.0174. The van der Waals surface area contributed by atoms with Gasteiger partial charge in [-0.15, -0.1) is 0 Å². The van der Waals surface area contributed by atoms with Crippen molar-refractivity contribution in [3.8, 4) is 33.6 Å². The molecule has 105 heavy (non-hydrogen) atoms. The monoisotopic (exact) mass is 1380 g/mol. The largest absolute Gasteiger partial charge is 0.465 e. The maximum absolute atomic E-state index is 14.6. The van der Waals surface area contributed by atoms with E-state index >= 15 is 0 Å². The number of ether oxygens (including phenoxy) is 1. The molecule has 1 aliphatic carbocycles. The number of fused-ring (bicyclic) bond motifs is 7. The van der Waals surface area contributed by atoms with E-state index < -0.39 is 29.9 Å². The van der Waals surface area contributed by atoms with Gasteiger partial charge in [-0.2, -0.15) is 0 Å². The predicted molar refractivity (Wildman–Crippen MR) is 419 cm³/mol. The first-order valence-electron chi connectivity index (χ1n) is 36.3. The molecule has 1 aliphatic heterocycles. The van der Waals surface area contributed by atoms with Crippen LogP contribution in [0.25, 0.3) is 77.0 Å². The van der Waals surface area contributed by atoms with Gasteiger partial charge in [-0.1, -0.05) is 237 Å². The van der Waals surface area contributed by atoms with Gasteiger partial charge in [0.05, 0.1) is 54.4 Å². The number of esters is 1. The van der Waals surface area contributed by atoms with Gasteiger partial charge in [0.2, 0.25) is 11.8 Å². The van der Waals surface area contributed by atoms with Gasteiger partial charge in [0.15, 0.2) is 7.28 Å². The van der Waals surface area contributed by atoms with Crippen molar-refractivity contribution < 1.29 is 28.7 Å². The Morgan fingerprint density at radius 3 is 1.42 bits per heavy atom. The first-order valence-corrected chi connectivity index (χ1v) is 36.3. The fraction of sp³-hybridized carbons (Fsp3) is 0.202. The van der Waals surface area contributed by atoms with Crippen molar-refractivity contribution in [1.29, 1.82) is 0 Å². The highest BCUT2D eigenvalue weighted by molar-refractivity contribution is 6.65. The van der Waals surface area contributed by atoms with Crippen LogP contribution in [0.2, 0.25) is 6.82 Å². The topological polar surface area (TPSA) is 220 Å². The molecule has 1 fully saturated rings. The molecule has 14 aromatic rings. The molecule has 1 radical (unpaired) electrons. The zero-order valence-electron chi connectivity index (χ0n) is 58.6. The number of nitrogens with zero attached hydrogens (tertiary/aromatic N) is 2. The fourth-order valence-electron chi connectivity index (χ4n) is 14.8. The summed E-state index contributed by atoms with van der Waals surface area (Å²) in [6.07, 6.45) is 12.0. The number of carbonyl (C=O) groups is 5. The van der Waals surface area contributed by atoms with Crippen LogP contribution < -0.4 is 16.0 Å². The summed E-state index contributed by atoms with van der Waals surface area (Å²) in [6.45, 7) is 3.57. The van der Waals surface area contributed by atoms with Crippen LogP contribution in [-0.4, -0.2) is 86.6 Å². The van der Waals surface area contributed by atoms with Crippen molar-refractivity contribution in [2.75, 3.05) is 19.7 Å². The Bertz CT molecular complexity index is 5280. The first kappa shape index (κ1) is 70.1. The molecule has 2 amide bonds. The molecule has 15 nitrogen and oxygen atoms in total. The number of ketones is 1. The minimum Gasteiger partial charge on any atom is -0.465 e. The van der Waals surface area contributed by atoms with Gasteiger partial charge in [-0.25, -0.2) is 9.97 Å². The van der Waals surface area contributed by atoms with Crippen LogP contribution in [0.15, 0.2) is 267 Å². The van der Waals surface area contributed by atoms with Crippen molar-refractivity contribution in [2.24, 2.45) is 17.8 Å². The van der Waals surface area contributed by atoms with E-state index in [9.17, 15) is 19.2 Å². The molecule has 2 aliphatic rings. The van der Waals surface area contributed by atoms with Gasteiger partial charge >= 0.3 is 5.97 Å². The number of rotatable bonds is 24. The lowest BCUT2D eigenvalue weighted by Crippen LogP contribution is -2.39. The Kier molecular flexibility index (Phi) is 22.3. The summed E-state index contributed by atoms with van der Waals surface area (Å²) in [4.78, 5) is 88.7. The highest BCUT2D eigenvalue weighted by atomic mass is 16.5. The van der Waals surface area contributed by atoms with E-state index in [1.165, 1.54) is 23.8 Å². The Hall–Kier alpha value is -12.0. The fourth-order valence-corrected chi connectivity index (χ4v) is 14.8. The molecule has 0 unspecified atom stereocenters. The van der Waals surface area contributed by atoms with Crippen LogP contribution >= 0.6 is 0 Å². The summed E-state index contributed by atoms with van der Waals surface area (Å²) in [5.74, 6) is -0.537. The molecule has 0 bridgehead atoms. The van der Waals surface area contributed by atoms with E-state index in [1.54, 1.807) is 6.82 Å². The molecule has 5 heterocycles. The normalized spacial score (nSPS) is 13.8. The summed E-state index contributed by atoms with van der Waals surface area (Å²) < 4.78 is 6.06. The number of aromatic nitrogens is 6. The summed E-state index contributed by atoms with van der Waals surface area (Å²) in [7, 11) is 1.44. The first-order chi connectivity index (χ1) is 51.6. The Morgan fingerprint density at radius 2 is 0.933 bits per heavy atom. The van der Waals surface area contributed by atoms with Gasteiger partial charge in [-0.3, -0.25) is 19.2 Å². The standard InChI is InChI=1S/C48H40N4O3.C39H39N5O2.C2H4BO/c53-46(55-30-42-40-19-8-6-17-38(40)39-18-7-9-20-41(39)42)27-35(26-36-28-49-43-21-11-10-16-37(36)43)48(54)52-44(25-31-22-23-32-12-4-5-15-34(32)24-31)47-50-29-45(51-47)33-13-2-1-3-14-33;45-37(29-16-18-40-19-17-29)23-31(22-32-24-41-34-13-7-6-12-33(32)34)39(46)44-35(21-26-14-15-27-8-4-5-11-30(27)20-26)38-42-25-36(43-38)28-9-2-1-3-10-28;1-3-2-4/h1-24,28-29,35,42,44,49H,25-27,30H2,(H,50,51)(H,52,54);1-15,20,24-25,29,31,35,40-41H,16-19,21-23H2,(H,42,43)(H,44,46);2H,1H3/t35-,44+;31-,35+;/m00./s1. The molecule has 4 atom stereocenters. The van der Waals surface area contributed by atoms with Crippen LogP contribution in [0, 0.1) is 17.8 Å². The van der Waals surface area contributed by atoms with Crippen LogP contribution in [-0.2, 0) is 54.4 Å². The van der Waals surface area contributed by atoms with Crippen molar-refractivity contribution in [3.63, 3.8) is 0 Å². The SMILES string of the molecule is C[B]C=O.O=C(C[C@H](Cc1c[nH]c2ccccc12)C(=O)N[C@H](Cc1ccc2ccccc2c1)c1ncc(-c2ccccc2)[nH]1)C1CCNCC1.O=C(C[C@H](Cc1c[nH]c2ccccc12)C(=O)N[C@H](Cc1ccc2ccccc2c1)c1ncc(-c2ccccc2)[nH]1)OCC1c2ccccc2-c2ccccc21. The lowest BCUT2D eigenvalue weighted by molar-refractivity contribution is -0.147. The van der Waals surface area contributed by atoms with E-state index in [-0.39, 0.29) is 48.9 Å². The Morgan fingerprint density at radius 1 is 0.505 bits per heavy atom. The van der Waals surface area contributed by atoms with Gasteiger partial charge in [0, 0.05) is 58.4 Å². The summed E-state index contributed by atoms with van der Waals surface area (Å²) >= 11 is 0. The molecule has 523 valence electrons. The molecule has 0 spiro atoms. The second kappa shape index (κ2) is 33.4. The molecule has 16 heteroatoms. The molecule has 7 N–H and O–H groups in total. The second-order valence-corrected chi connectivity index (χ2v) is 27.3. The van der Waals surface area contributed by atoms with E-state index in [4.69, 9.17) is 19.5 Å². The summed E-state index contributed by atoms with van der Waals surface area (Å²) in [5.41, 5.74) is 14.6. The zero-order valence-corrected chi connectivity index (χ0v) is 58.6. The molecule has 1 saturated heterocycles. The number of piperidine rings is 1. The van der Waals surface area contributed by atoms with E-state index in [1.807, 2.05) is 176 Å². The maximum Gasteiger partial charge on any atom is 0.306 e. The zero-order chi connectivity index (χ0) is 71.9. The van der Waals surface area contributed by atoms with Gasteiger partial charge in [-0.05, 0) is 141 Å².